The largest absolute Gasteiger partial charge is 0.573 e. The lowest BCUT2D eigenvalue weighted by Crippen LogP contribution is -2.65. The Kier molecular flexibility index (Phi) is 33.0. The number of nitrogens with one attached hydrogen (secondary N) is 10. The van der Waals surface area contributed by atoms with Crippen LogP contribution in [-0.2, 0) is 78.2 Å². The van der Waals surface area contributed by atoms with Gasteiger partial charge in [0.15, 0.2) is 24.1 Å². The first kappa shape index (κ1) is 103. The molecule has 0 saturated carbocycles. The van der Waals surface area contributed by atoms with Gasteiger partial charge in [-0.05, 0) is 152 Å². The van der Waals surface area contributed by atoms with E-state index < -0.39 is 302 Å². The lowest BCUT2D eigenvalue weighted by Gasteiger charge is -2.46. The van der Waals surface area contributed by atoms with Crippen molar-refractivity contribution in [1.82, 2.24) is 48.0 Å². The fourth-order valence-electron chi connectivity index (χ4n) is 16.5. The molecule has 0 radical (unpaired) electrons. The Bertz CT molecular complexity index is 5680. The van der Waals surface area contributed by atoms with Crippen molar-refractivity contribution < 1.29 is 165 Å². The van der Waals surface area contributed by atoms with E-state index in [1.54, 1.807) is 19.9 Å². The highest BCUT2D eigenvalue weighted by Crippen LogP contribution is 2.51. The van der Waals surface area contributed by atoms with Gasteiger partial charge in [-0.1, -0.05) is 73.4 Å². The number of fused-ring (bicyclic) bond motifs is 15. The summed E-state index contributed by atoms with van der Waals surface area (Å²) in [6.07, 6.45) is -35.4. The van der Waals surface area contributed by atoms with Gasteiger partial charge in [-0.25, -0.2) is 5.48 Å². The zero-order valence-corrected chi connectivity index (χ0v) is 75.7. The number of nitrogens with two attached hydrogens (primary N) is 2. The van der Waals surface area contributed by atoms with Crippen molar-refractivity contribution in [1.29, 1.82) is 0 Å². The van der Waals surface area contributed by atoms with E-state index in [0.717, 1.165) is 78.9 Å². The molecule has 48 heteroatoms. The molecule has 7 aromatic rings. The Hall–Kier alpha value is -12.0. The SMILES string of the molecule is CN[C@H](CC(C)C)C(=O)NC1C(=O)N[C@@H](CC(N)=O)C(=O)N[C@H]2C(=O)N[C@@H]3C(=O)N[C@H](C(=O)N[C@H](C(=O)NOCCOC)c4cc(O)cc(O)c4-c4cc3ccc4O)[C@H](O[C@H]3C[C@](C)(N)[C@@H](O)[C@H](C)O3)c3ccc(c(Cl)c3)Oc3cc2cc(c3O[C@@H]2O[C@H](CO)[C@@H](O[C@@H]3O[C@H](CNCc4cccc(NC(=O)c5cccc(OC(F)(F)F)c5)c4)[C@H](O)[C@H](O)[C@H]3O)[C@H](O)[C@H]2O)Oc2ccc(cc2Cl)[C@H]1O. The highest BCUT2D eigenvalue weighted by Gasteiger charge is 2.54. The van der Waals surface area contributed by atoms with Gasteiger partial charge in [-0.2, -0.15) is 0 Å². The summed E-state index contributed by atoms with van der Waals surface area (Å²) < 4.78 is 99.5. The van der Waals surface area contributed by atoms with Crippen LogP contribution in [0, 0.1) is 5.92 Å². The number of anilines is 1. The number of carbonyl (C=O) groups excluding carboxylic acids is 9. The number of carbonyl (C=O) groups is 9. The summed E-state index contributed by atoms with van der Waals surface area (Å²) in [5.41, 5.74) is 10.8. The number of amides is 9. The lowest BCUT2D eigenvalue weighted by atomic mass is 9.86. The number of hydroxylamine groups is 1. The summed E-state index contributed by atoms with van der Waals surface area (Å²) in [5.74, 6) is -17.7. The van der Waals surface area contributed by atoms with Crippen LogP contribution in [-0.4, -0.2) is 266 Å². The number of aromatic hydroxyl groups is 3. The quantitative estimate of drug-likeness (QED) is 0.0270. The predicted octanol–water partition coefficient (Wildman–Crippen LogP) is 1.49. The van der Waals surface area contributed by atoms with Gasteiger partial charge in [0.2, 0.25) is 53.4 Å². The minimum atomic E-state index is -5.04. The number of phenols is 3. The molecule has 7 aromatic carbocycles. The number of aliphatic hydroxyl groups is 8. The van der Waals surface area contributed by atoms with E-state index in [2.05, 4.69) is 58.1 Å². The summed E-state index contributed by atoms with van der Waals surface area (Å²) in [4.78, 5) is 141. The van der Waals surface area contributed by atoms with E-state index in [1.807, 2.05) is 0 Å². The van der Waals surface area contributed by atoms with Crippen molar-refractivity contribution in [3.63, 3.8) is 0 Å². The third kappa shape index (κ3) is 24.1. The number of benzene rings is 7. The fraction of sp³-hybridized carbons (Fsp3) is 0.433. The van der Waals surface area contributed by atoms with Crippen molar-refractivity contribution in [3.05, 3.63) is 176 Å². The van der Waals surface area contributed by atoms with Crippen LogP contribution in [0.4, 0.5) is 18.9 Å². The summed E-state index contributed by atoms with van der Waals surface area (Å²) in [6.45, 7) is 4.49. The number of hydrogen-bond donors (Lipinski definition) is 23. The Balaban J connectivity index is 0.937. The first-order chi connectivity index (χ1) is 65.4. The van der Waals surface area contributed by atoms with Crippen LogP contribution in [0.5, 0.6) is 51.7 Å². The maximum atomic E-state index is 16.6. The number of halogens is 5. The highest BCUT2D eigenvalue weighted by molar-refractivity contribution is 6.32. The van der Waals surface area contributed by atoms with E-state index in [9.17, 15) is 88.5 Å². The third-order valence-corrected chi connectivity index (χ3v) is 24.0. The smallest absolute Gasteiger partial charge is 0.508 e. The molecule has 8 heterocycles. The van der Waals surface area contributed by atoms with Crippen molar-refractivity contribution in [2.45, 2.75) is 200 Å². The second kappa shape index (κ2) is 44.0. The minimum absolute atomic E-state index is 0.0568. The van der Waals surface area contributed by atoms with Gasteiger partial charge in [-0.15, -0.1) is 13.2 Å². The number of primary amides is 1. The molecule has 0 spiro atoms. The molecule has 744 valence electrons. The van der Waals surface area contributed by atoms with E-state index in [0.29, 0.717) is 5.56 Å². The van der Waals surface area contributed by atoms with E-state index in [1.165, 1.54) is 70.5 Å². The van der Waals surface area contributed by atoms with E-state index >= 15 is 24.0 Å². The van der Waals surface area contributed by atoms with Crippen LogP contribution >= 0.6 is 23.2 Å². The van der Waals surface area contributed by atoms with Gasteiger partial charge in [0.25, 0.3) is 11.8 Å². The molecular weight excluding hydrogens is 1870 g/mol. The fourth-order valence-corrected chi connectivity index (χ4v) is 16.9. The molecule has 25 N–H and O–H groups in total. The maximum Gasteiger partial charge on any atom is 0.573 e. The van der Waals surface area contributed by atoms with Gasteiger partial charge in [-0.3, -0.25) is 48.0 Å². The molecule has 3 fully saturated rings. The molecular formula is C90H103Cl2F3N12O31. The molecule has 8 aliphatic rings. The summed E-state index contributed by atoms with van der Waals surface area (Å²) >= 11 is 14.6. The zero-order chi connectivity index (χ0) is 100.0. The predicted molar refractivity (Wildman–Crippen MR) is 472 cm³/mol. The topological polar surface area (TPSA) is 650 Å². The van der Waals surface area contributed by atoms with Gasteiger partial charge < -0.3 is 163 Å². The Labute approximate surface area is 793 Å². The molecule has 8 aliphatic heterocycles. The standard InChI is InChI=1S/C90H103Cl2F3N12O31/c1-36(2)21-51(98-5)80(121)105-67-69(113)40-14-17-55(49(91)25-40)131-57-27-43-28-58(76(57)136-88-74(118)72(116)77(60(35-108)134-88)137-87-73(117)71(115)70(114)59(133-87)34-99-33-38-9-7-11-44(22-38)100-79(120)42-10-8-12-46(23-42)138-90(93,94)95)132-56-18-15-41(26-50(56)92)75(135-62-32-89(4,97)78(119)37(3)130-62)68-85(126)104-66(86(127)107-129-20-19-128-6)48-29-45(109)30-54(111)63(48)47-24-39(13-16-53(47)110)64(82(123)106-68)103-83(124)65(43)102-81(122)52(31-61(96)112)101-84(67)125/h7-18,22-30,36-37,51-52,59-60,62,64-75,77-78,87-88,98-99,108-111,113-119H,19-21,31-35,97H2,1-6H3,(H2,96,112)(H,100,120)(H,101,125)(H,102,122)(H,103,124)(H,104,126)(H,105,121)(H,106,123)(H,107,127)/t37-,51+,52-,59+,60+,62-,64-,65+,66-,67?,68-,69+,70-,71-,72+,73+,74+,75+,77+,78-,87-,88-,89-/m0/s1. The Morgan fingerprint density at radius 2 is 1.32 bits per heavy atom. The van der Waals surface area contributed by atoms with Crippen LogP contribution in [0.15, 0.2) is 127 Å². The zero-order valence-electron chi connectivity index (χ0n) is 74.2. The van der Waals surface area contributed by atoms with Crippen LogP contribution in [0.25, 0.3) is 11.1 Å². The number of rotatable bonds is 26. The monoisotopic (exact) mass is 1970 g/mol. The number of alkyl halides is 3. The van der Waals surface area contributed by atoms with E-state index in [-0.39, 0.29) is 67.4 Å². The van der Waals surface area contributed by atoms with Gasteiger partial charge in [0.1, 0.15) is 132 Å². The van der Waals surface area contributed by atoms with Crippen molar-refractivity contribution in [3.8, 4) is 62.9 Å². The average Bonchev–Trinajstić information content (AvgIpc) is 0.750. The van der Waals surface area contributed by atoms with Crippen molar-refractivity contribution >= 4 is 82.1 Å². The van der Waals surface area contributed by atoms with Gasteiger partial charge >= 0.3 is 6.36 Å². The first-order valence-corrected chi connectivity index (χ1v) is 43.9. The number of hydrogen-bond acceptors (Lipinski definition) is 34. The number of likely N-dealkylation sites (N-methyl/N-ethyl adjacent to an activating group) is 1. The van der Waals surface area contributed by atoms with Crippen LogP contribution < -0.4 is 83.7 Å². The summed E-state index contributed by atoms with van der Waals surface area (Å²) in [5, 5.41) is 152. The number of methoxy groups -OCH3 is 1. The molecule has 15 rings (SSSR count). The van der Waals surface area contributed by atoms with Gasteiger partial charge in [0.05, 0.1) is 54.5 Å². The van der Waals surface area contributed by atoms with Crippen LogP contribution in [0.2, 0.25) is 10.0 Å². The molecule has 138 heavy (non-hydrogen) atoms. The molecule has 0 aromatic heterocycles. The molecule has 11 bridgehead atoms. The summed E-state index contributed by atoms with van der Waals surface area (Å²) in [7, 11) is 2.77. The van der Waals surface area contributed by atoms with E-state index in [4.69, 9.17) is 82.1 Å². The Morgan fingerprint density at radius 1 is 0.667 bits per heavy atom. The average molecular weight is 1980 g/mol. The first-order valence-electron chi connectivity index (χ1n) is 43.2. The van der Waals surface area contributed by atoms with Crippen molar-refractivity contribution in [2.75, 3.05) is 45.8 Å². The Morgan fingerprint density at radius 3 is 1.98 bits per heavy atom. The number of aliphatic hydroxyl groups excluding tert-OH is 8. The molecule has 3 saturated heterocycles. The second-order valence-electron chi connectivity index (χ2n) is 34.2. The molecule has 1 unspecified atom stereocenters. The maximum absolute atomic E-state index is 16.6. The molecule has 9 amide bonds. The van der Waals surface area contributed by atoms with Crippen LogP contribution in [0.1, 0.15) is 121 Å². The summed E-state index contributed by atoms with van der Waals surface area (Å²) in [6, 6.07) is 9.48. The van der Waals surface area contributed by atoms with Crippen LogP contribution in [0.3, 0.4) is 0 Å². The van der Waals surface area contributed by atoms with Crippen molar-refractivity contribution in [2.24, 2.45) is 17.4 Å². The van der Waals surface area contributed by atoms with Gasteiger partial charge in [0, 0.05) is 60.6 Å². The number of ether oxygens (including phenoxy) is 10. The third-order valence-electron chi connectivity index (χ3n) is 23.5. The number of phenolic OH excluding ortho intramolecular Hbond substituents is 3. The minimum Gasteiger partial charge on any atom is -0.508 e. The molecule has 23 atom stereocenters. The normalized spacial score (nSPS) is 28.1. The molecule has 0 aliphatic carbocycles. The lowest BCUT2D eigenvalue weighted by molar-refractivity contribution is -0.350. The highest BCUT2D eigenvalue weighted by atomic mass is 35.5. The molecule has 43 nitrogen and oxygen atoms in total. The second-order valence-corrected chi connectivity index (χ2v) is 35.0.